The van der Waals surface area contributed by atoms with Crippen LogP contribution < -0.4 is 15.2 Å². The molecule has 8 nitrogen and oxygen atoms in total. The molecule has 0 atom stereocenters. The summed E-state index contributed by atoms with van der Waals surface area (Å²) in [5.41, 5.74) is 6.67. The number of ether oxygens (including phenoxy) is 2. The van der Waals surface area contributed by atoms with Gasteiger partial charge in [-0.25, -0.2) is 0 Å². The van der Waals surface area contributed by atoms with Gasteiger partial charge in [-0.3, -0.25) is 19.2 Å². The van der Waals surface area contributed by atoms with E-state index in [1.54, 1.807) is 16.7 Å². The molecule has 0 aliphatic heterocycles. The second-order valence-electron chi connectivity index (χ2n) is 6.17. The van der Waals surface area contributed by atoms with Gasteiger partial charge in [-0.1, -0.05) is 36.4 Å². The van der Waals surface area contributed by atoms with Crippen molar-refractivity contribution < 1.29 is 28.7 Å². The maximum Gasteiger partial charge on any atom is 0.290 e. The minimum Gasteiger partial charge on any atom is -0.485 e. The van der Waals surface area contributed by atoms with Crippen molar-refractivity contribution in [1.82, 2.24) is 4.57 Å². The molecule has 0 bridgehead atoms. The SMILES string of the molecule is COc1c(C(=O)C(N)=O)c2c(OCC(=O)C=O)cccc2n1Cc1ccccc1. The van der Waals surface area contributed by atoms with E-state index in [1.165, 1.54) is 13.2 Å². The lowest BCUT2D eigenvalue weighted by molar-refractivity contribution is -0.131. The Labute approximate surface area is 165 Å². The maximum atomic E-state index is 12.6. The first-order chi connectivity index (χ1) is 14.0. The molecule has 2 aromatic carbocycles. The highest BCUT2D eigenvalue weighted by Crippen LogP contribution is 2.38. The van der Waals surface area contributed by atoms with Crippen LogP contribution in [-0.4, -0.2) is 42.0 Å². The minimum absolute atomic E-state index is 0.0555. The summed E-state index contributed by atoms with van der Waals surface area (Å²) in [6, 6.07) is 14.4. The molecule has 0 fully saturated rings. The molecule has 0 spiro atoms. The number of methoxy groups -OCH3 is 1. The van der Waals surface area contributed by atoms with Crippen molar-refractivity contribution >= 4 is 34.7 Å². The molecule has 0 saturated carbocycles. The smallest absolute Gasteiger partial charge is 0.290 e. The Morgan fingerprint density at radius 2 is 1.79 bits per heavy atom. The van der Waals surface area contributed by atoms with Gasteiger partial charge < -0.3 is 19.8 Å². The number of ketones is 2. The number of amides is 1. The van der Waals surface area contributed by atoms with Crippen molar-refractivity contribution in [3.8, 4) is 11.6 Å². The summed E-state index contributed by atoms with van der Waals surface area (Å²) in [6.45, 7) is -0.151. The Bertz CT molecular complexity index is 1100. The van der Waals surface area contributed by atoms with Crippen LogP contribution >= 0.6 is 0 Å². The van der Waals surface area contributed by atoms with Gasteiger partial charge in [0.2, 0.25) is 11.7 Å². The first kappa shape index (κ1) is 19.8. The van der Waals surface area contributed by atoms with Gasteiger partial charge in [-0.05, 0) is 17.7 Å². The van der Waals surface area contributed by atoms with Crippen LogP contribution in [0, 0.1) is 0 Å². The second-order valence-corrected chi connectivity index (χ2v) is 6.17. The third-order valence-electron chi connectivity index (χ3n) is 4.33. The molecule has 148 valence electrons. The molecule has 3 aromatic rings. The Kier molecular flexibility index (Phi) is 5.73. The van der Waals surface area contributed by atoms with Crippen molar-refractivity contribution in [3.05, 3.63) is 59.7 Å². The lowest BCUT2D eigenvalue weighted by Crippen LogP contribution is -2.23. The zero-order chi connectivity index (χ0) is 21.0. The van der Waals surface area contributed by atoms with Crippen LogP contribution in [0.3, 0.4) is 0 Å². The highest BCUT2D eigenvalue weighted by atomic mass is 16.5. The summed E-state index contributed by atoms with van der Waals surface area (Å²) in [6.07, 6.45) is 0.150. The number of carbonyl (C=O) groups is 4. The molecule has 2 N–H and O–H groups in total. The van der Waals surface area contributed by atoms with E-state index in [0.29, 0.717) is 12.1 Å². The second kappa shape index (κ2) is 8.39. The van der Waals surface area contributed by atoms with Gasteiger partial charge in [0.1, 0.15) is 11.3 Å². The van der Waals surface area contributed by atoms with Gasteiger partial charge in [0.15, 0.2) is 12.9 Å². The quantitative estimate of drug-likeness (QED) is 0.334. The van der Waals surface area contributed by atoms with Crippen molar-refractivity contribution in [2.75, 3.05) is 13.7 Å². The number of rotatable bonds is 9. The van der Waals surface area contributed by atoms with Crippen LogP contribution in [0.2, 0.25) is 0 Å². The van der Waals surface area contributed by atoms with Crippen molar-refractivity contribution in [2.45, 2.75) is 6.54 Å². The van der Waals surface area contributed by atoms with Gasteiger partial charge in [0, 0.05) is 0 Å². The number of nitrogens with zero attached hydrogens (tertiary/aromatic N) is 1. The van der Waals surface area contributed by atoms with Gasteiger partial charge >= 0.3 is 0 Å². The van der Waals surface area contributed by atoms with E-state index >= 15 is 0 Å². The lowest BCUT2D eigenvalue weighted by Gasteiger charge is -2.10. The van der Waals surface area contributed by atoms with Gasteiger partial charge in [-0.15, -0.1) is 0 Å². The number of primary amides is 1. The first-order valence-corrected chi connectivity index (χ1v) is 8.66. The fourth-order valence-electron chi connectivity index (χ4n) is 3.12. The third-order valence-corrected chi connectivity index (χ3v) is 4.33. The maximum absolute atomic E-state index is 12.6. The fourth-order valence-corrected chi connectivity index (χ4v) is 3.12. The molecule has 3 rings (SSSR count). The largest absolute Gasteiger partial charge is 0.485 e. The number of fused-ring (bicyclic) bond motifs is 1. The predicted molar refractivity (Wildman–Crippen MR) is 104 cm³/mol. The Hall–Kier alpha value is -3.94. The minimum atomic E-state index is -1.15. The molecule has 0 aliphatic rings. The molecular weight excluding hydrogens is 376 g/mol. The van der Waals surface area contributed by atoms with Gasteiger partial charge in [-0.2, -0.15) is 0 Å². The zero-order valence-electron chi connectivity index (χ0n) is 15.6. The summed E-state index contributed by atoms with van der Waals surface area (Å²) < 4.78 is 12.6. The van der Waals surface area contributed by atoms with Gasteiger partial charge in [0.05, 0.1) is 24.6 Å². The van der Waals surface area contributed by atoms with Crippen LogP contribution in [0.5, 0.6) is 11.6 Å². The normalized spacial score (nSPS) is 10.5. The molecule has 0 radical (unpaired) electrons. The van der Waals surface area contributed by atoms with Crippen LogP contribution in [0.25, 0.3) is 10.9 Å². The number of hydrogen-bond donors (Lipinski definition) is 1. The number of Topliss-reactive ketones (excluding diaryl/α,β-unsaturated/α-hetero) is 2. The van der Waals surface area contributed by atoms with E-state index in [-0.39, 0.29) is 28.9 Å². The number of aldehydes is 1. The summed E-state index contributed by atoms with van der Waals surface area (Å²) in [4.78, 5) is 46.2. The summed E-state index contributed by atoms with van der Waals surface area (Å²) in [5, 5.41) is 0.280. The molecule has 1 heterocycles. The number of benzene rings is 2. The summed E-state index contributed by atoms with van der Waals surface area (Å²) in [7, 11) is 1.38. The Morgan fingerprint density at radius 1 is 1.07 bits per heavy atom. The standard InChI is InChI=1S/C21H18N2O6/c1-28-21-18(19(26)20(22)27)17-15(23(21)10-13-6-3-2-4-7-13)8-5-9-16(17)29-12-14(25)11-24/h2-9,11H,10,12H2,1H3,(H2,22,27). The fraction of sp³-hybridized carbons (Fsp3) is 0.143. The Balaban J connectivity index is 2.25. The molecule has 0 aliphatic carbocycles. The van der Waals surface area contributed by atoms with Crippen molar-refractivity contribution in [3.63, 3.8) is 0 Å². The lowest BCUT2D eigenvalue weighted by atomic mass is 10.1. The zero-order valence-corrected chi connectivity index (χ0v) is 15.6. The number of hydrogen-bond acceptors (Lipinski definition) is 6. The van der Waals surface area contributed by atoms with E-state index in [2.05, 4.69) is 0 Å². The average molecular weight is 394 g/mol. The number of carbonyl (C=O) groups excluding carboxylic acids is 4. The molecule has 0 unspecified atom stereocenters. The van der Waals surface area contributed by atoms with Crippen LogP contribution in [0.4, 0.5) is 0 Å². The van der Waals surface area contributed by atoms with Crippen LogP contribution in [0.15, 0.2) is 48.5 Å². The summed E-state index contributed by atoms with van der Waals surface area (Å²) >= 11 is 0. The van der Waals surface area contributed by atoms with Gasteiger partial charge in [0.25, 0.3) is 11.7 Å². The number of aromatic nitrogens is 1. The molecule has 29 heavy (non-hydrogen) atoms. The van der Waals surface area contributed by atoms with Crippen LogP contribution in [0.1, 0.15) is 15.9 Å². The van der Waals surface area contributed by atoms with Crippen molar-refractivity contribution in [2.24, 2.45) is 5.73 Å². The predicted octanol–water partition coefficient (Wildman–Crippen LogP) is 1.51. The van der Waals surface area contributed by atoms with E-state index in [1.807, 2.05) is 30.3 Å². The van der Waals surface area contributed by atoms with E-state index in [0.717, 1.165) is 5.56 Å². The topological polar surface area (TPSA) is 118 Å². The Morgan fingerprint density at radius 3 is 2.41 bits per heavy atom. The highest BCUT2D eigenvalue weighted by molar-refractivity contribution is 6.45. The van der Waals surface area contributed by atoms with E-state index in [4.69, 9.17) is 15.2 Å². The van der Waals surface area contributed by atoms with Crippen molar-refractivity contribution in [1.29, 1.82) is 0 Å². The first-order valence-electron chi connectivity index (χ1n) is 8.66. The molecule has 1 amide bonds. The molecule has 1 aromatic heterocycles. The molecule has 8 heteroatoms. The third kappa shape index (κ3) is 3.86. The molecule has 0 saturated heterocycles. The van der Waals surface area contributed by atoms with Crippen LogP contribution in [-0.2, 0) is 20.9 Å². The van der Waals surface area contributed by atoms with E-state index < -0.39 is 24.1 Å². The average Bonchev–Trinajstić information content (AvgIpc) is 3.05. The monoisotopic (exact) mass is 394 g/mol. The number of nitrogens with two attached hydrogens (primary N) is 1. The van der Waals surface area contributed by atoms with E-state index in [9.17, 15) is 19.2 Å². The molecular formula is C21H18N2O6. The highest BCUT2D eigenvalue weighted by Gasteiger charge is 2.29. The summed E-state index contributed by atoms with van der Waals surface area (Å²) in [5.74, 6) is -2.56.